The second kappa shape index (κ2) is 3.22. The minimum Gasteiger partial charge on any atom is -0.464 e. The summed E-state index contributed by atoms with van der Waals surface area (Å²) in [5.74, 6) is -0.314. The number of H-pyrrole nitrogens is 1. The SMILES string of the molecule is COC(=O)c1cc([C@H]2CCN2)c[nH]1. The lowest BCUT2D eigenvalue weighted by atomic mass is 10.0. The van der Waals surface area contributed by atoms with E-state index in [2.05, 4.69) is 15.0 Å². The topological polar surface area (TPSA) is 54.1 Å². The molecule has 4 heteroatoms. The first-order valence-corrected chi connectivity index (χ1v) is 4.31. The molecule has 0 unspecified atom stereocenters. The molecule has 2 heterocycles. The number of hydrogen-bond acceptors (Lipinski definition) is 3. The standard InChI is InChI=1S/C9H12N2O2/c1-13-9(12)8-4-6(5-11-8)7-2-3-10-7/h4-5,7,10-11H,2-3H2,1H3/t7-/m1/s1. The van der Waals surface area contributed by atoms with Gasteiger partial charge in [-0.25, -0.2) is 4.79 Å². The smallest absolute Gasteiger partial charge is 0.354 e. The molecule has 4 nitrogen and oxygen atoms in total. The van der Waals surface area contributed by atoms with Gasteiger partial charge in [-0.05, 0) is 24.6 Å². The van der Waals surface area contributed by atoms with E-state index in [1.807, 2.05) is 12.3 Å². The summed E-state index contributed by atoms with van der Waals surface area (Å²) in [6.07, 6.45) is 2.99. The number of esters is 1. The van der Waals surface area contributed by atoms with Crippen molar-refractivity contribution in [2.75, 3.05) is 13.7 Å². The van der Waals surface area contributed by atoms with Crippen LogP contribution in [0, 0.1) is 0 Å². The molecule has 1 aromatic rings. The Bertz CT molecular complexity index is 315. The highest BCUT2D eigenvalue weighted by Gasteiger charge is 2.20. The molecule has 1 aliphatic rings. The number of carbonyl (C=O) groups excluding carboxylic acids is 1. The van der Waals surface area contributed by atoms with Crippen molar-refractivity contribution in [1.82, 2.24) is 10.3 Å². The number of nitrogens with one attached hydrogen (secondary N) is 2. The predicted molar refractivity (Wildman–Crippen MR) is 47.5 cm³/mol. The normalized spacial score (nSPS) is 20.8. The van der Waals surface area contributed by atoms with Crippen LogP contribution in [0.3, 0.4) is 0 Å². The fourth-order valence-electron chi connectivity index (χ4n) is 1.41. The monoisotopic (exact) mass is 180 g/mol. The summed E-state index contributed by atoms with van der Waals surface area (Å²) in [7, 11) is 1.38. The number of aromatic nitrogens is 1. The van der Waals surface area contributed by atoms with Gasteiger partial charge in [-0.2, -0.15) is 0 Å². The summed E-state index contributed by atoms with van der Waals surface area (Å²) < 4.78 is 4.59. The Morgan fingerprint density at radius 1 is 1.69 bits per heavy atom. The van der Waals surface area contributed by atoms with Gasteiger partial charge in [0.15, 0.2) is 0 Å². The van der Waals surface area contributed by atoms with Gasteiger partial charge in [-0.3, -0.25) is 0 Å². The number of ether oxygens (including phenoxy) is 1. The fraction of sp³-hybridized carbons (Fsp3) is 0.444. The molecular formula is C9H12N2O2. The minimum atomic E-state index is -0.314. The van der Waals surface area contributed by atoms with E-state index in [1.165, 1.54) is 7.11 Å². The van der Waals surface area contributed by atoms with Crippen LogP contribution in [-0.4, -0.2) is 24.6 Å². The average molecular weight is 180 g/mol. The number of carbonyl (C=O) groups is 1. The molecule has 13 heavy (non-hydrogen) atoms. The lowest BCUT2D eigenvalue weighted by Gasteiger charge is -2.26. The van der Waals surface area contributed by atoms with E-state index >= 15 is 0 Å². The van der Waals surface area contributed by atoms with Crippen LogP contribution >= 0.6 is 0 Å². The molecule has 1 fully saturated rings. The lowest BCUT2D eigenvalue weighted by molar-refractivity contribution is 0.0595. The third-order valence-electron chi connectivity index (χ3n) is 2.34. The highest BCUT2D eigenvalue weighted by Crippen LogP contribution is 2.23. The van der Waals surface area contributed by atoms with E-state index in [1.54, 1.807) is 0 Å². The van der Waals surface area contributed by atoms with Crippen molar-refractivity contribution in [2.24, 2.45) is 0 Å². The molecule has 2 rings (SSSR count). The van der Waals surface area contributed by atoms with Crippen molar-refractivity contribution in [3.63, 3.8) is 0 Å². The van der Waals surface area contributed by atoms with Crippen LogP contribution in [-0.2, 0) is 4.74 Å². The van der Waals surface area contributed by atoms with Crippen LogP contribution in [0.4, 0.5) is 0 Å². The van der Waals surface area contributed by atoms with Gasteiger partial charge >= 0.3 is 5.97 Å². The van der Waals surface area contributed by atoms with Gasteiger partial charge in [-0.1, -0.05) is 0 Å². The summed E-state index contributed by atoms with van der Waals surface area (Å²) >= 11 is 0. The lowest BCUT2D eigenvalue weighted by Crippen LogP contribution is -2.34. The average Bonchev–Trinajstić information content (AvgIpc) is 2.49. The number of methoxy groups -OCH3 is 1. The van der Waals surface area contributed by atoms with Crippen LogP contribution in [0.5, 0.6) is 0 Å². The van der Waals surface area contributed by atoms with E-state index < -0.39 is 0 Å². The Hall–Kier alpha value is -1.29. The highest BCUT2D eigenvalue weighted by molar-refractivity contribution is 5.87. The summed E-state index contributed by atoms with van der Waals surface area (Å²) in [6.45, 7) is 1.06. The first-order chi connectivity index (χ1) is 6.31. The Kier molecular flexibility index (Phi) is 2.06. The summed E-state index contributed by atoms with van der Waals surface area (Å²) in [5.41, 5.74) is 1.65. The molecule has 0 amide bonds. The Labute approximate surface area is 76.3 Å². The molecule has 1 aliphatic heterocycles. The van der Waals surface area contributed by atoms with E-state index in [-0.39, 0.29) is 5.97 Å². The van der Waals surface area contributed by atoms with Crippen molar-refractivity contribution in [3.05, 3.63) is 23.5 Å². The second-order valence-electron chi connectivity index (χ2n) is 3.13. The first kappa shape index (κ1) is 8.31. The maximum Gasteiger partial charge on any atom is 0.354 e. The summed E-state index contributed by atoms with van der Waals surface area (Å²) in [4.78, 5) is 14.0. The van der Waals surface area contributed by atoms with Crippen molar-refractivity contribution in [2.45, 2.75) is 12.5 Å². The maximum absolute atomic E-state index is 11.1. The van der Waals surface area contributed by atoms with E-state index in [4.69, 9.17) is 0 Å². The van der Waals surface area contributed by atoms with Crippen molar-refractivity contribution in [1.29, 1.82) is 0 Å². The summed E-state index contributed by atoms with van der Waals surface area (Å²) in [6, 6.07) is 2.25. The molecule has 70 valence electrons. The molecule has 0 saturated carbocycles. The van der Waals surface area contributed by atoms with Gasteiger partial charge in [-0.15, -0.1) is 0 Å². The van der Waals surface area contributed by atoms with Crippen LogP contribution in [0.25, 0.3) is 0 Å². The molecule has 0 bridgehead atoms. The third kappa shape index (κ3) is 1.45. The van der Waals surface area contributed by atoms with Crippen molar-refractivity contribution < 1.29 is 9.53 Å². The Balaban J connectivity index is 2.12. The third-order valence-corrected chi connectivity index (χ3v) is 2.34. The largest absolute Gasteiger partial charge is 0.464 e. The molecule has 0 radical (unpaired) electrons. The minimum absolute atomic E-state index is 0.314. The molecule has 0 aromatic carbocycles. The fourth-order valence-corrected chi connectivity index (χ4v) is 1.41. The van der Waals surface area contributed by atoms with Crippen LogP contribution < -0.4 is 5.32 Å². The van der Waals surface area contributed by atoms with Crippen LogP contribution in [0.1, 0.15) is 28.5 Å². The second-order valence-corrected chi connectivity index (χ2v) is 3.13. The van der Waals surface area contributed by atoms with Gasteiger partial charge in [0.05, 0.1) is 7.11 Å². The quantitative estimate of drug-likeness (QED) is 0.663. The predicted octanol–water partition coefficient (Wildman–Crippen LogP) is 0.836. The van der Waals surface area contributed by atoms with E-state index in [9.17, 15) is 4.79 Å². The summed E-state index contributed by atoms with van der Waals surface area (Å²) in [5, 5.41) is 3.26. The van der Waals surface area contributed by atoms with Crippen LogP contribution in [0.15, 0.2) is 12.3 Å². The molecule has 1 atom stereocenters. The van der Waals surface area contributed by atoms with Crippen molar-refractivity contribution in [3.8, 4) is 0 Å². The molecule has 2 N–H and O–H groups in total. The van der Waals surface area contributed by atoms with Gasteiger partial charge < -0.3 is 15.0 Å². The Morgan fingerprint density at radius 3 is 3.00 bits per heavy atom. The maximum atomic E-state index is 11.1. The first-order valence-electron chi connectivity index (χ1n) is 4.31. The van der Waals surface area contributed by atoms with Crippen LogP contribution in [0.2, 0.25) is 0 Å². The molecular weight excluding hydrogens is 168 g/mol. The van der Waals surface area contributed by atoms with Gasteiger partial charge in [0.25, 0.3) is 0 Å². The van der Waals surface area contributed by atoms with Gasteiger partial charge in [0.1, 0.15) is 5.69 Å². The highest BCUT2D eigenvalue weighted by atomic mass is 16.5. The van der Waals surface area contributed by atoms with Gasteiger partial charge in [0, 0.05) is 12.2 Å². The molecule has 0 spiro atoms. The zero-order valence-corrected chi connectivity index (χ0v) is 7.46. The molecule has 0 aliphatic carbocycles. The molecule has 1 aromatic heterocycles. The van der Waals surface area contributed by atoms with Crippen molar-refractivity contribution >= 4 is 5.97 Å². The van der Waals surface area contributed by atoms with E-state index in [0.717, 1.165) is 18.5 Å². The molecule has 1 saturated heterocycles. The van der Waals surface area contributed by atoms with Gasteiger partial charge in [0.2, 0.25) is 0 Å². The van der Waals surface area contributed by atoms with E-state index in [0.29, 0.717) is 11.7 Å². The number of aromatic amines is 1. The zero-order chi connectivity index (χ0) is 9.26. The Morgan fingerprint density at radius 2 is 2.46 bits per heavy atom. The number of rotatable bonds is 2. The zero-order valence-electron chi connectivity index (χ0n) is 7.46. The number of hydrogen-bond donors (Lipinski definition) is 2.